The summed E-state index contributed by atoms with van der Waals surface area (Å²) in [6.07, 6.45) is 6.77. The Bertz CT molecular complexity index is 984. The van der Waals surface area contributed by atoms with Gasteiger partial charge in [0.25, 0.3) is 0 Å². The molecule has 2 aliphatic rings. The second-order valence-electron chi connectivity index (χ2n) is 9.54. The molecule has 4 rings (SSSR count). The average Bonchev–Trinajstić information content (AvgIpc) is 3.63. The minimum Gasteiger partial charge on any atom is -0.497 e. The van der Waals surface area contributed by atoms with Crippen molar-refractivity contribution in [2.24, 2.45) is 11.8 Å². The van der Waals surface area contributed by atoms with E-state index in [1.54, 1.807) is 37.6 Å². The number of aromatic nitrogens is 1. The second-order valence-corrected chi connectivity index (χ2v) is 9.54. The molecule has 0 saturated heterocycles. The van der Waals surface area contributed by atoms with E-state index in [9.17, 15) is 14.3 Å². The first-order valence-corrected chi connectivity index (χ1v) is 11.6. The number of ether oxygens (including phenoxy) is 2. The van der Waals surface area contributed by atoms with Crippen LogP contribution in [0.25, 0.3) is 0 Å². The van der Waals surface area contributed by atoms with Crippen molar-refractivity contribution in [2.75, 3.05) is 13.7 Å². The molecule has 5 nitrogen and oxygen atoms in total. The number of pyridine rings is 1. The van der Waals surface area contributed by atoms with Crippen molar-refractivity contribution in [2.45, 2.75) is 63.0 Å². The van der Waals surface area contributed by atoms with Gasteiger partial charge in [-0.3, -0.25) is 0 Å². The summed E-state index contributed by atoms with van der Waals surface area (Å²) in [5, 5.41) is 9.39. The molecular weight excluding hydrogens is 428 g/mol. The standard InChI is InChI=1S/C26H31F2NO4/c1-26(28,25(30)31)24(18-7-8-18)19-11-12-29-23(13-19)33-15-16-3-5-17(6-4-16)21-14-20(32-2)9-10-22(21)27/h9-14,16-18,24H,3-8,15H2,1-2H3,(H,30,31)/t16-,17-,24?,26?. The van der Waals surface area contributed by atoms with Gasteiger partial charge in [0.05, 0.1) is 13.7 Å². The number of hydrogen-bond acceptors (Lipinski definition) is 4. The summed E-state index contributed by atoms with van der Waals surface area (Å²) >= 11 is 0. The van der Waals surface area contributed by atoms with Gasteiger partial charge in [0.1, 0.15) is 11.6 Å². The number of benzene rings is 1. The highest BCUT2D eigenvalue weighted by Gasteiger charge is 2.50. The lowest BCUT2D eigenvalue weighted by atomic mass is 9.79. The zero-order valence-corrected chi connectivity index (χ0v) is 19.1. The summed E-state index contributed by atoms with van der Waals surface area (Å²) in [7, 11) is 1.58. The van der Waals surface area contributed by atoms with Crippen molar-refractivity contribution in [1.82, 2.24) is 4.98 Å². The summed E-state index contributed by atoms with van der Waals surface area (Å²) in [6, 6.07) is 8.25. The van der Waals surface area contributed by atoms with Gasteiger partial charge in [0, 0.05) is 18.2 Å². The van der Waals surface area contributed by atoms with Crippen molar-refractivity contribution in [3.05, 3.63) is 53.5 Å². The highest BCUT2D eigenvalue weighted by atomic mass is 19.1. The number of rotatable bonds is 9. The van der Waals surface area contributed by atoms with Crippen LogP contribution >= 0.6 is 0 Å². The summed E-state index contributed by atoms with van der Waals surface area (Å²) < 4.78 is 40.5. The first kappa shape index (κ1) is 23.5. The maximum atomic E-state index is 15.0. The fraction of sp³-hybridized carbons (Fsp3) is 0.538. The van der Waals surface area contributed by atoms with Gasteiger partial charge in [0.15, 0.2) is 0 Å². The van der Waals surface area contributed by atoms with Crippen LogP contribution in [-0.2, 0) is 4.79 Å². The zero-order valence-electron chi connectivity index (χ0n) is 19.1. The molecule has 1 N–H and O–H groups in total. The van der Waals surface area contributed by atoms with E-state index in [2.05, 4.69) is 4.98 Å². The maximum absolute atomic E-state index is 15.0. The van der Waals surface area contributed by atoms with Crippen LogP contribution in [0.15, 0.2) is 36.5 Å². The van der Waals surface area contributed by atoms with Crippen molar-refractivity contribution < 1.29 is 28.2 Å². The number of hydrogen-bond donors (Lipinski definition) is 1. The predicted octanol–water partition coefficient (Wildman–Crippen LogP) is 5.89. The third-order valence-electron chi connectivity index (χ3n) is 7.17. The van der Waals surface area contributed by atoms with Crippen LogP contribution in [-0.4, -0.2) is 35.4 Å². The molecular formula is C26H31F2NO4. The molecule has 2 unspecified atom stereocenters. The lowest BCUT2D eigenvalue weighted by Crippen LogP contribution is -2.38. The fourth-order valence-corrected chi connectivity index (χ4v) is 5.09. The van der Waals surface area contributed by atoms with Crippen LogP contribution in [0.3, 0.4) is 0 Å². The molecule has 1 aromatic carbocycles. The molecule has 2 atom stereocenters. The Morgan fingerprint density at radius 3 is 2.55 bits per heavy atom. The van der Waals surface area contributed by atoms with Gasteiger partial charge in [-0.15, -0.1) is 0 Å². The molecule has 178 valence electrons. The van der Waals surface area contributed by atoms with Crippen LogP contribution < -0.4 is 9.47 Å². The molecule has 7 heteroatoms. The number of alkyl halides is 1. The number of carbonyl (C=O) groups is 1. The SMILES string of the molecule is COc1ccc(F)c([C@H]2CC[C@H](COc3cc(C(C4CC4)C(C)(F)C(=O)O)ccn3)CC2)c1. The molecule has 2 saturated carbocycles. The van der Waals surface area contributed by atoms with Crippen LogP contribution in [0.1, 0.15) is 68.4 Å². The van der Waals surface area contributed by atoms with Gasteiger partial charge >= 0.3 is 5.97 Å². The van der Waals surface area contributed by atoms with E-state index in [1.807, 2.05) is 0 Å². The van der Waals surface area contributed by atoms with E-state index >= 15 is 4.39 Å². The van der Waals surface area contributed by atoms with Gasteiger partial charge < -0.3 is 14.6 Å². The number of methoxy groups -OCH3 is 1. The van der Waals surface area contributed by atoms with E-state index in [-0.39, 0.29) is 17.7 Å². The Hall–Kier alpha value is -2.70. The van der Waals surface area contributed by atoms with Crippen LogP contribution in [0.2, 0.25) is 0 Å². The average molecular weight is 460 g/mol. The van der Waals surface area contributed by atoms with Crippen molar-refractivity contribution in [3.8, 4) is 11.6 Å². The van der Waals surface area contributed by atoms with Crippen LogP contribution in [0.5, 0.6) is 11.6 Å². The summed E-state index contributed by atoms with van der Waals surface area (Å²) in [5.74, 6) is -0.779. The summed E-state index contributed by atoms with van der Waals surface area (Å²) in [6.45, 7) is 1.62. The molecule has 0 amide bonds. The van der Waals surface area contributed by atoms with Gasteiger partial charge in [-0.1, -0.05) is 0 Å². The Morgan fingerprint density at radius 2 is 1.91 bits per heavy atom. The molecule has 2 aromatic rings. The Labute approximate surface area is 193 Å². The number of carboxylic acids is 1. The minimum atomic E-state index is -2.34. The highest BCUT2D eigenvalue weighted by Crippen LogP contribution is 2.50. The van der Waals surface area contributed by atoms with E-state index in [4.69, 9.17) is 9.47 Å². The van der Waals surface area contributed by atoms with Crippen LogP contribution in [0.4, 0.5) is 8.78 Å². The lowest BCUT2D eigenvalue weighted by molar-refractivity contribution is -0.151. The molecule has 1 heterocycles. The third-order valence-corrected chi connectivity index (χ3v) is 7.17. The molecule has 33 heavy (non-hydrogen) atoms. The largest absolute Gasteiger partial charge is 0.497 e. The molecule has 1 aromatic heterocycles. The molecule has 0 bridgehead atoms. The lowest BCUT2D eigenvalue weighted by Gasteiger charge is -2.29. The molecule has 0 radical (unpaired) electrons. The van der Waals surface area contributed by atoms with E-state index in [0.717, 1.165) is 45.4 Å². The molecule has 0 aliphatic heterocycles. The number of halogens is 2. The summed E-state index contributed by atoms with van der Waals surface area (Å²) in [4.78, 5) is 15.8. The molecule has 0 spiro atoms. The second kappa shape index (κ2) is 9.65. The maximum Gasteiger partial charge on any atom is 0.341 e. The quantitative estimate of drug-likeness (QED) is 0.507. The van der Waals surface area contributed by atoms with Gasteiger partial charge in [-0.2, -0.15) is 0 Å². The number of carboxylic acid groups (broad SMARTS) is 1. The van der Waals surface area contributed by atoms with Gasteiger partial charge in [-0.05, 0) is 98.6 Å². The van der Waals surface area contributed by atoms with E-state index in [1.165, 1.54) is 6.07 Å². The fourth-order valence-electron chi connectivity index (χ4n) is 5.09. The van der Waals surface area contributed by atoms with Crippen molar-refractivity contribution in [3.63, 3.8) is 0 Å². The zero-order chi connectivity index (χ0) is 23.6. The Morgan fingerprint density at radius 1 is 1.18 bits per heavy atom. The Kier molecular flexibility index (Phi) is 6.86. The van der Waals surface area contributed by atoms with Gasteiger partial charge in [-0.25, -0.2) is 18.6 Å². The minimum absolute atomic E-state index is 0.0265. The van der Waals surface area contributed by atoms with Crippen LogP contribution in [0, 0.1) is 17.7 Å². The highest BCUT2D eigenvalue weighted by molar-refractivity contribution is 5.78. The first-order chi connectivity index (χ1) is 15.8. The number of nitrogens with zero attached hydrogens (tertiary/aromatic N) is 1. The normalized spacial score (nSPS) is 23.4. The van der Waals surface area contributed by atoms with E-state index in [0.29, 0.717) is 35.3 Å². The monoisotopic (exact) mass is 459 g/mol. The van der Waals surface area contributed by atoms with Crippen molar-refractivity contribution in [1.29, 1.82) is 0 Å². The summed E-state index contributed by atoms with van der Waals surface area (Å²) in [5.41, 5.74) is -1.01. The molecule has 2 fully saturated rings. The predicted molar refractivity (Wildman–Crippen MR) is 120 cm³/mol. The van der Waals surface area contributed by atoms with Crippen molar-refractivity contribution >= 4 is 5.97 Å². The topological polar surface area (TPSA) is 68.7 Å². The smallest absolute Gasteiger partial charge is 0.341 e. The number of aliphatic carboxylic acids is 1. The Balaban J connectivity index is 1.36. The van der Waals surface area contributed by atoms with E-state index < -0.39 is 17.6 Å². The van der Waals surface area contributed by atoms with Gasteiger partial charge in [0.2, 0.25) is 11.5 Å². The first-order valence-electron chi connectivity index (χ1n) is 11.6. The third kappa shape index (κ3) is 5.28. The molecule has 2 aliphatic carbocycles.